The summed E-state index contributed by atoms with van der Waals surface area (Å²) in [6.45, 7) is 2.64. The number of hydrogen-bond acceptors (Lipinski definition) is 2. The molecule has 178 valence electrons. The minimum Gasteiger partial charge on any atom is -0.368 e. The molecule has 31 heavy (non-hydrogen) atoms. The lowest BCUT2D eigenvalue weighted by Crippen LogP contribution is -2.41. The summed E-state index contributed by atoms with van der Waals surface area (Å²) in [7, 11) is 1.37. The molecule has 0 aliphatic heterocycles. The van der Waals surface area contributed by atoms with Crippen LogP contribution >= 0.6 is 0 Å². The minimum atomic E-state index is 0.122. The van der Waals surface area contributed by atoms with Crippen molar-refractivity contribution < 1.29 is 9.53 Å². The van der Waals surface area contributed by atoms with Crippen LogP contribution in [0.15, 0.2) is 0 Å². The lowest BCUT2D eigenvalue weighted by molar-refractivity contribution is -0.129. The second kappa shape index (κ2) is 14.6. The van der Waals surface area contributed by atoms with Gasteiger partial charge in [0.25, 0.3) is 0 Å². The highest BCUT2D eigenvalue weighted by atomic mass is 16.5. The summed E-state index contributed by atoms with van der Waals surface area (Å²) in [5, 5.41) is 3.30. The number of carbonyl (C=O) groups is 1. The molecule has 0 heterocycles. The third-order valence-corrected chi connectivity index (χ3v) is 8.76. The Kier molecular flexibility index (Phi) is 11.8. The van der Waals surface area contributed by atoms with Crippen molar-refractivity contribution in [1.82, 2.24) is 5.32 Å². The van der Waals surface area contributed by atoms with Crippen LogP contribution in [0.25, 0.3) is 0 Å². The molecule has 3 nitrogen and oxygen atoms in total. The largest absolute Gasteiger partial charge is 0.368 e. The average Bonchev–Trinajstić information content (AvgIpc) is 2.77. The number of carbonyl (C=O) groups excluding carboxylic acids is 1. The van der Waals surface area contributed by atoms with Crippen LogP contribution in [0.5, 0.6) is 0 Å². The SMILES string of the molecule is CBC1CCCC(C2CCC(NC(=O)COC3CCCCCCCCC3)CC2)CCC1. The predicted molar refractivity (Wildman–Crippen MR) is 133 cm³/mol. The van der Waals surface area contributed by atoms with Crippen molar-refractivity contribution in [2.45, 2.75) is 147 Å². The summed E-state index contributed by atoms with van der Waals surface area (Å²) in [6.07, 6.45) is 25.6. The highest BCUT2D eigenvalue weighted by Gasteiger charge is 2.29. The maximum atomic E-state index is 12.5. The van der Waals surface area contributed by atoms with E-state index in [0.29, 0.717) is 12.1 Å². The van der Waals surface area contributed by atoms with Gasteiger partial charge in [0.1, 0.15) is 13.9 Å². The Hall–Kier alpha value is -0.505. The van der Waals surface area contributed by atoms with E-state index in [0.717, 1.165) is 30.5 Å². The molecule has 3 fully saturated rings. The fourth-order valence-electron chi connectivity index (χ4n) is 6.64. The topological polar surface area (TPSA) is 38.3 Å². The molecule has 0 spiro atoms. The number of amides is 1. The van der Waals surface area contributed by atoms with Crippen molar-refractivity contribution in [3.8, 4) is 0 Å². The van der Waals surface area contributed by atoms with Gasteiger partial charge < -0.3 is 10.1 Å². The predicted octanol–water partition coefficient (Wildman–Crippen LogP) is 6.81. The molecular weight excluding hydrogens is 381 g/mol. The van der Waals surface area contributed by atoms with Gasteiger partial charge >= 0.3 is 0 Å². The van der Waals surface area contributed by atoms with Crippen molar-refractivity contribution in [1.29, 1.82) is 0 Å². The van der Waals surface area contributed by atoms with Crippen LogP contribution in [0.4, 0.5) is 0 Å². The van der Waals surface area contributed by atoms with Crippen LogP contribution in [-0.4, -0.2) is 31.9 Å². The van der Waals surface area contributed by atoms with Crippen LogP contribution in [0.3, 0.4) is 0 Å². The lowest BCUT2D eigenvalue weighted by atomic mass is 9.61. The molecule has 0 radical (unpaired) electrons. The van der Waals surface area contributed by atoms with E-state index in [2.05, 4.69) is 12.1 Å². The molecule has 0 aromatic rings. The Morgan fingerprint density at radius 1 is 0.710 bits per heavy atom. The molecule has 0 bridgehead atoms. The van der Waals surface area contributed by atoms with Crippen molar-refractivity contribution in [2.75, 3.05) is 6.61 Å². The van der Waals surface area contributed by atoms with Crippen molar-refractivity contribution in [3.63, 3.8) is 0 Å². The maximum absolute atomic E-state index is 12.5. The van der Waals surface area contributed by atoms with E-state index < -0.39 is 0 Å². The zero-order chi connectivity index (χ0) is 21.7. The summed E-state index contributed by atoms with van der Waals surface area (Å²) in [5.41, 5.74) is 0. The van der Waals surface area contributed by atoms with Gasteiger partial charge in [-0.2, -0.15) is 0 Å². The Balaban J connectivity index is 1.31. The Labute approximate surface area is 193 Å². The molecule has 4 heteroatoms. The second-order valence-corrected chi connectivity index (χ2v) is 11.1. The van der Waals surface area contributed by atoms with Crippen molar-refractivity contribution in [3.05, 3.63) is 0 Å². The molecule has 3 aliphatic rings. The van der Waals surface area contributed by atoms with Gasteiger partial charge in [-0.05, 0) is 50.4 Å². The molecule has 0 aromatic heterocycles. The maximum Gasteiger partial charge on any atom is 0.246 e. The van der Waals surface area contributed by atoms with Crippen LogP contribution in [0, 0.1) is 11.8 Å². The quantitative estimate of drug-likeness (QED) is 0.469. The standard InChI is InChI=1S/C27H50BNO2/c1-28-24-13-9-11-22(12-10-14-24)23-17-19-25(20-18-23)29-27(30)21-31-26-15-7-5-3-2-4-6-8-16-26/h22-26,28H,2-21H2,1H3,(H,29,30). The minimum absolute atomic E-state index is 0.122. The van der Waals surface area contributed by atoms with Crippen LogP contribution < -0.4 is 5.32 Å². The Morgan fingerprint density at radius 3 is 1.84 bits per heavy atom. The van der Waals surface area contributed by atoms with E-state index >= 15 is 0 Å². The van der Waals surface area contributed by atoms with Crippen molar-refractivity contribution in [2.24, 2.45) is 11.8 Å². The van der Waals surface area contributed by atoms with Gasteiger partial charge in [-0.25, -0.2) is 0 Å². The smallest absolute Gasteiger partial charge is 0.246 e. The summed E-state index contributed by atoms with van der Waals surface area (Å²) in [6, 6.07) is 0.384. The van der Waals surface area contributed by atoms with E-state index in [1.807, 2.05) is 0 Å². The van der Waals surface area contributed by atoms with Gasteiger partial charge in [-0.3, -0.25) is 4.79 Å². The monoisotopic (exact) mass is 431 g/mol. The first-order valence-corrected chi connectivity index (χ1v) is 14.2. The van der Waals surface area contributed by atoms with Gasteiger partial charge in [0.2, 0.25) is 5.91 Å². The number of ether oxygens (including phenoxy) is 1. The van der Waals surface area contributed by atoms with Crippen LogP contribution in [0.2, 0.25) is 12.6 Å². The fourth-order valence-corrected chi connectivity index (χ4v) is 6.64. The third-order valence-electron chi connectivity index (χ3n) is 8.76. The van der Waals surface area contributed by atoms with Gasteiger partial charge in [-0.1, -0.05) is 96.1 Å². The van der Waals surface area contributed by atoms with Gasteiger partial charge in [0, 0.05) is 6.04 Å². The fraction of sp³-hybridized carbons (Fsp3) is 0.963. The van der Waals surface area contributed by atoms with Crippen LogP contribution in [-0.2, 0) is 9.53 Å². The van der Waals surface area contributed by atoms with E-state index in [9.17, 15) is 4.79 Å². The summed E-state index contributed by atoms with van der Waals surface area (Å²) in [5.74, 6) is 2.97. The summed E-state index contributed by atoms with van der Waals surface area (Å²) in [4.78, 5) is 12.5. The zero-order valence-electron chi connectivity index (χ0n) is 20.6. The molecule has 3 saturated carbocycles. The van der Waals surface area contributed by atoms with Crippen LogP contribution in [0.1, 0.15) is 122 Å². The second-order valence-electron chi connectivity index (χ2n) is 11.1. The Morgan fingerprint density at radius 2 is 1.26 bits per heavy atom. The highest BCUT2D eigenvalue weighted by Crippen LogP contribution is 2.38. The first kappa shape index (κ1) is 25.1. The first-order chi connectivity index (χ1) is 15.2. The van der Waals surface area contributed by atoms with E-state index in [4.69, 9.17) is 4.74 Å². The highest BCUT2D eigenvalue weighted by molar-refractivity contribution is 6.35. The molecule has 0 saturated heterocycles. The van der Waals surface area contributed by atoms with Gasteiger partial charge in [0.05, 0.1) is 6.10 Å². The third kappa shape index (κ3) is 9.48. The molecule has 1 amide bonds. The molecule has 3 rings (SSSR count). The number of hydrogen-bond donors (Lipinski definition) is 1. The molecule has 0 unspecified atom stereocenters. The van der Waals surface area contributed by atoms with Crippen molar-refractivity contribution >= 4 is 13.2 Å². The lowest BCUT2D eigenvalue weighted by Gasteiger charge is -2.36. The van der Waals surface area contributed by atoms with E-state index in [1.54, 1.807) is 0 Å². The summed E-state index contributed by atoms with van der Waals surface area (Å²) < 4.78 is 6.07. The number of nitrogens with one attached hydrogen (secondary N) is 1. The van der Waals surface area contributed by atoms with E-state index in [1.165, 1.54) is 116 Å². The molecule has 0 aromatic carbocycles. The van der Waals surface area contributed by atoms with Gasteiger partial charge in [0.15, 0.2) is 0 Å². The Bertz CT molecular complexity index is 472. The normalized spacial score (nSPS) is 32.4. The molecule has 3 aliphatic carbocycles. The van der Waals surface area contributed by atoms with Gasteiger partial charge in [-0.15, -0.1) is 0 Å². The average molecular weight is 432 g/mol. The van der Waals surface area contributed by atoms with E-state index in [-0.39, 0.29) is 12.5 Å². The molecular formula is C27H50BNO2. The first-order valence-electron chi connectivity index (χ1n) is 14.2. The molecule has 1 N–H and O–H groups in total. The number of rotatable bonds is 6. The zero-order valence-corrected chi connectivity index (χ0v) is 20.6. The summed E-state index contributed by atoms with van der Waals surface area (Å²) >= 11 is 0. The molecule has 0 atom stereocenters.